The van der Waals surface area contributed by atoms with Crippen LogP contribution in [0.15, 0.2) is 36.0 Å². The fourth-order valence-corrected chi connectivity index (χ4v) is 3.64. The first-order valence-corrected chi connectivity index (χ1v) is 9.61. The lowest BCUT2D eigenvalue weighted by Crippen LogP contribution is -2.27. The number of halogens is 1. The molecule has 0 saturated carbocycles. The Bertz CT molecular complexity index is 988. The number of carbonyl (C=O) groups is 1. The third kappa shape index (κ3) is 3.82. The van der Waals surface area contributed by atoms with Crippen molar-refractivity contribution in [3.63, 3.8) is 0 Å². The molecule has 1 aliphatic rings. The zero-order valence-electron chi connectivity index (χ0n) is 15.2. The van der Waals surface area contributed by atoms with E-state index < -0.39 is 5.82 Å². The van der Waals surface area contributed by atoms with Crippen molar-refractivity contribution in [1.82, 2.24) is 20.1 Å². The number of thiazole rings is 1. The topological polar surface area (TPSA) is 84.3 Å². The van der Waals surface area contributed by atoms with Crippen LogP contribution in [0.5, 0.6) is 0 Å². The summed E-state index contributed by atoms with van der Waals surface area (Å²) in [6.45, 7) is 2.33. The first-order valence-electron chi connectivity index (χ1n) is 8.73. The second kappa shape index (κ2) is 7.95. The molecule has 0 bridgehead atoms. The highest BCUT2D eigenvalue weighted by atomic mass is 32.1. The summed E-state index contributed by atoms with van der Waals surface area (Å²) in [6, 6.07) is 4.54. The highest BCUT2D eigenvalue weighted by molar-refractivity contribution is 7.14. The Morgan fingerprint density at radius 3 is 3.07 bits per heavy atom. The van der Waals surface area contributed by atoms with Gasteiger partial charge in [0.1, 0.15) is 5.82 Å². The van der Waals surface area contributed by atoms with Crippen LogP contribution in [0.4, 0.5) is 25.7 Å². The van der Waals surface area contributed by atoms with Crippen LogP contribution in [-0.4, -0.2) is 47.6 Å². The average Bonchev–Trinajstić information content (AvgIpc) is 3.42. The van der Waals surface area contributed by atoms with E-state index in [0.29, 0.717) is 48.3 Å². The van der Waals surface area contributed by atoms with Gasteiger partial charge in [0.2, 0.25) is 0 Å². The number of nitrogens with one attached hydrogen (secondary N) is 2. The molecule has 0 aliphatic carbocycles. The molecule has 4 rings (SSSR count). The maximum absolute atomic E-state index is 14.6. The number of ether oxygens (including phenoxy) is 1. The third-order valence-corrected chi connectivity index (χ3v) is 5.07. The van der Waals surface area contributed by atoms with Crippen molar-refractivity contribution >= 4 is 33.9 Å². The van der Waals surface area contributed by atoms with Crippen molar-refractivity contribution < 1.29 is 13.9 Å². The standard InChI is InChI=1S/C18H19FN6O2S/c1-27-7-6-24-10-12(9-21-24)22-17-23-16(11-28-17)14-3-2-13(8-15(14)19)25-5-4-20-18(25)26/h2-3,8-11H,4-7H2,1H3,(H,20,26)(H,22,23). The van der Waals surface area contributed by atoms with E-state index in [-0.39, 0.29) is 6.03 Å². The molecule has 0 radical (unpaired) electrons. The fourth-order valence-electron chi connectivity index (χ4n) is 2.91. The van der Waals surface area contributed by atoms with Crippen LogP contribution in [0, 0.1) is 5.82 Å². The lowest BCUT2D eigenvalue weighted by Gasteiger charge is -2.14. The number of benzene rings is 1. The van der Waals surface area contributed by atoms with Crippen LogP contribution in [-0.2, 0) is 11.3 Å². The quantitative estimate of drug-likeness (QED) is 0.635. The summed E-state index contributed by atoms with van der Waals surface area (Å²) in [4.78, 5) is 17.7. The van der Waals surface area contributed by atoms with E-state index in [1.807, 2.05) is 6.20 Å². The lowest BCUT2D eigenvalue weighted by atomic mass is 10.1. The molecule has 10 heteroatoms. The van der Waals surface area contributed by atoms with Gasteiger partial charge in [-0.1, -0.05) is 0 Å². The van der Waals surface area contributed by atoms with E-state index in [2.05, 4.69) is 20.7 Å². The van der Waals surface area contributed by atoms with Gasteiger partial charge in [-0.15, -0.1) is 11.3 Å². The second-order valence-corrected chi connectivity index (χ2v) is 7.05. The Kier molecular flexibility index (Phi) is 5.22. The van der Waals surface area contributed by atoms with Crippen molar-refractivity contribution in [2.24, 2.45) is 0 Å². The summed E-state index contributed by atoms with van der Waals surface area (Å²) in [6.07, 6.45) is 3.56. The molecule has 2 amide bonds. The normalized spacial score (nSPS) is 13.8. The molecule has 1 aliphatic heterocycles. The summed E-state index contributed by atoms with van der Waals surface area (Å²) in [5.74, 6) is -0.415. The minimum atomic E-state index is -0.415. The molecule has 2 N–H and O–H groups in total. The zero-order valence-corrected chi connectivity index (χ0v) is 16.0. The van der Waals surface area contributed by atoms with Gasteiger partial charge in [0.25, 0.3) is 0 Å². The molecule has 1 aromatic carbocycles. The highest BCUT2D eigenvalue weighted by Crippen LogP contribution is 2.31. The van der Waals surface area contributed by atoms with Crippen molar-refractivity contribution in [1.29, 1.82) is 0 Å². The summed E-state index contributed by atoms with van der Waals surface area (Å²) >= 11 is 1.38. The predicted octanol–water partition coefficient (Wildman–Crippen LogP) is 3.07. The van der Waals surface area contributed by atoms with Crippen molar-refractivity contribution in [2.45, 2.75) is 6.54 Å². The average molecular weight is 402 g/mol. The summed E-state index contributed by atoms with van der Waals surface area (Å²) in [5, 5.41) is 12.5. The first-order chi connectivity index (χ1) is 13.6. The number of hydrogen-bond donors (Lipinski definition) is 2. The number of hydrogen-bond acceptors (Lipinski definition) is 6. The third-order valence-electron chi connectivity index (χ3n) is 4.31. The monoisotopic (exact) mass is 402 g/mol. The fraction of sp³-hybridized carbons (Fsp3) is 0.278. The first kappa shape index (κ1) is 18.4. The molecule has 2 aromatic heterocycles. The molecule has 3 aromatic rings. The predicted molar refractivity (Wildman–Crippen MR) is 106 cm³/mol. The highest BCUT2D eigenvalue weighted by Gasteiger charge is 2.22. The number of aromatic nitrogens is 3. The van der Waals surface area contributed by atoms with Crippen molar-refractivity contribution in [2.75, 3.05) is 37.0 Å². The van der Waals surface area contributed by atoms with E-state index in [0.717, 1.165) is 5.69 Å². The molecule has 1 saturated heterocycles. The van der Waals surface area contributed by atoms with E-state index in [1.165, 1.54) is 22.3 Å². The van der Waals surface area contributed by atoms with Gasteiger partial charge in [0, 0.05) is 43.0 Å². The molecule has 8 nitrogen and oxygen atoms in total. The number of carbonyl (C=O) groups excluding carboxylic acids is 1. The van der Waals surface area contributed by atoms with Crippen LogP contribution < -0.4 is 15.5 Å². The van der Waals surface area contributed by atoms with Crippen molar-refractivity contribution in [3.05, 3.63) is 41.8 Å². The number of nitrogens with zero attached hydrogens (tertiary/aromatic N) is 4. The summed E-state index contributed by atoms with van der Waals surface area (Å²) < 4.78 is 21.4. The van der Waals surface area contributed by atoms with Gasteiger partial charge in [-0.05, 0) is 18.2 Å². The lowest BCUT2D eigenvalue weighted by molar-refractivity contribution is 0.183. The molecule has 3 heterocycles. The maximum atomic E-state index is 14.6. The molecule has 146 valence electrons. The molecule has 0 atom stereocenters. The van der Waals surface area contributed by atoms with Gasteiger partial charge in [-0.3, -0.25) is 9.58 Å². The van der Waals surface area contributed by atoms with Crippen LogP contribution in [0.1, 0.15) is 0 Å². The van der Waals surface area contributed by atoms with Crippen LogP contribution in [0.3, 0.4) is 0 Å². The zero-order chi connectivity index (χ0) is 19.5. The Morgan fingerprint density at radius 2 is 2.32 bits per heavy atom. The van der Waals surface area contributed by atoms with E-state index >= 15 is 0 Å². The SMILES string of the molecule is COCCn1cc(Nc2nc(-c3ccc(N4CCNC4=O)cc3F)cs2)cn1. The Balaban J connectivity index is 1.48. The van der Waals surface area contributed by atoms with Gasteiger partial charge in [0.05, 0.1) is 30.7 Å². The molecule has 1 fully saturated rings. The number of anilines is 3. The molecular weight excluding hydrogens is 383 g/mol. The Hall–Kier alpha value is -2.98. The van der Waals surface area contributed by atoms with Gasteiger partial charge < -0.3 is 15.4 Å². The van der Waals surface area contributed by atoms with Gasteiger partial charge in [0.15, 0.2) is 5.13 Å². The molecule has 28 heavy (non-hydrogen) atoms. The van der Waals surface area contributed by atoms with Crippen LogP contribution in [0.25, 0.3) is 11.3 Å². The molecular formula is C18H19FN6O2S. The number of amides is 2. The van der Waals surface area contributed by atoms with Crippen LogP contribution >= 0.6 is 11.3 Å². The smallest absolute Gasteiger partial charge is 0.321 e. The van der Waals surface area contributed by atoms with Gasteiger partial charge in [-0.25, -0.2) is 14.2 Å². The maximum Gasteiger partial charge on any atom is 0.321 e. The second-order valence-electron chi connectivity index (χ2n) is 6.20. The molecule has 0 spiro atoms. The van der Waals surface area contributed by atoms with E-state index in [9.17, 15) is 9.18 Å². The van der Waals surface area contributed by atoms with E-state index in [1.54, 1.807) is 35.5 Å². The number of rotatable bonds is 7. The summed E-state index contributed by atoms with van der Waals surface area (Å²) in [7, 11) is 1.64. The Morgan fingerprint density at radius 1 is 1.43 bits per heavy atom. The van der Waals surface area contributed by atoms with Gasteiger partial charge >= 0.3 is 6.03 Å². The number of methoxy groups -OCH3 is 1. The number of urea groups is 1. The van der Waals surface area contributed by atoms with E-state index in [4.69, 9.17) is 4.74 Å². The summed E-state index contributed by atoms with van der Waals surface area (Å²) in [5.41, 5.74) is 2.26. The minimum Gasteiger partial charge on any atom is -0.383 e. The Labute approximate surface area is 164 Å². The minimum absolute atomic E-state index is 0.210. The van der Waals surface area contributed by atoms with Gasteiger partial charge in [-0.2, -0.15) is 5.10 Å². The van der Waals surface area contributed by atoms with Crippen LogP contribution in [0.2, 0.25) is 0 Å². The molecule has 0 unspecified atom stereocenters. The largest absolute Gasteiger partial charge is 0.383 e. The van der Waals surface area contributed by atoms with Crippen molar-refractivity contribution in [3.8, 4) is 11.3 Å².